The van der Waals surface area contributed by atoms with Gasteiger partial charge in [0.2, 0.25) is 11.8 Å². The Morgan fingerprint density at radius 2 is 1.69 bits per heavy atom. The van der Waals surface area contributed by atoms with Crippen LogP contribution in [0.3, 0.4) is 0 Å². The maximum Gasteiger partial charge on any atom is 0.422 e. The third-order valence-corrected chi connectivity index (χ3v) is 6.27. The van der Waals surface area contributed by atoms with Crippen LogP contribution in [0.15, 0.2) is 41.3 Å². The van der Waals surface area contributed by atoms with Gasteiger partial charge in [-0.05, 0) is 29.8 Å². The maximum atomic E-state index is 14.1. The highest BCUT2D eigenvalue weighted by atomic mass is 32.2. The van der Waals surface area contributed by atoms with Crippen molar-refractivity contribution in [2.75, 3.05) is 25.2 Å². The first-order chi connectivity index (χ1) is 14.7. The summed E-state index contributed by atoms with van der Waals surface area (Å²) in [5.74, 6) is -8.12. The van der Waals surface area contributed by atoms with E-state index in [0.29, 0.717) is 12.1 Å². The number of rotatable bonds is 4. The van der Waals surface area contributed by atoms with Crippen LogP contribution in [0.4, 0.5) is 27.6 Å². The molecule has 2 amide bonds. The van der Waals surface area contributed by atoms with Gasteiger partial charge in [0, 0.05) is 25.8 Å². The third-order valence-electron chi connectivity index (χ3n) is 5.12. The summed E-state index contributed by atoms with van der Waals surface area (Å²) in [4.78, 5) is 26.4. The number of nitrogens with one attached hydrogen (secondary N) is 1. The first kappa shape index (κ1) is 23.6. The van der Waals surface area contributed by atoms with Gasteiger partial charge in [-0.3, -0.25) is 9.59 Å². The molecule has 0 saturated carbocycles. The van der Waals surface area contributed by atoms with Gasteiger partial charge < -0.3 is 10.2 Å². The van der Waals surface area contributed by atoms with Crippen LogP contribution >= 0.6 is 0 Å². The van der Waals surface area contributed by atoms with Crippen LogP contribution < -0.4 is 5.32 Å². The van der Waals surface area contributed by atoms with Crippen molar-refractivity contribution in [3.8, 4) is 0 Å². The second-order valence-corrected chi connectivity index (χ2v) is 9.40. The Morgan fingerprint density at radius 1 is 1.12 bits per heavy atom. The fraction of sp³-hybridized carbons (Fsp3) is 0.300. The van der Waals surface area contributed by atoms with Gasteiger partial charge in [0.25, 0.3) is 0 Å². The number of benzene rings is 2. The molecule has 1 aliphatic heterocycles. The van der Waals surface area contributed by atoms with Gasteiger partial charge in [-0.1, -0.05) is 12.1 Å². The summed E-state index contributed by atoms with van der Waals surface area (Å²) in [5, 5.41) is 2.34. The summed E-state index contributed by atoms with van der Waals surface area (Å²) in [6, 6.07) is 6.32. The van der Waals surface area contributed by atoms with Gasteiger partial charge in [0.05, 0.1) is 10.6 Å². The smallest absolute Gasteiger partial charge is 0.344 e. The summed E-state index contributed by atoms with van der Waals surface area (Å²) in [5.41, 5.74) is -2.48. The molecule has 6 nitrogen and oxygen atoms in total. The summed E-state index contributed by atoms with van der Waals surface area (Å²) in [7, 11) is -2.42. The number of carbonyl (C=O) groups is 2. The molecule has 0 spiro atoms. The van der Waals surface area contributed by atoms with Gasteiger partial charge >= 0.3 is 6.18 Å². The zero-order valence-electron chi connectivity index (χ0n) is 16.7. The number of nitrogens with zero attached hydrogens (tertiary/aromatic N) is 1. The van der Waals surface area contributed by atoms with Crippen molar-refractivity contribution in [3.05, 3.63) is 59.2 Å². The minimum Gasteiger partial charge on any atom is -0.344 e. The number of para-hydroxylation sites is 1. The largest absolute Gasteiger partial charge is 0.422 e. The van der Waals surface area contributed by atoms with Crippen LogP contribution in [0.1, 0.15) is 17.0 Å². The van der Waals surface area contributed by atoms with E-state index >= 15 is 0 Å². The van der Waals surface area contributed by atoms with Crippen LogP contribution in [0.25, 0.3) is 0 Å². The molecule has 1 saturated heterocycles. The standard InChI is InChI=1S/C20H17F5N2O4S/c1-27-9-11(10-7-12(21)17(13(22)8-10)20(23,24)25)16(19(27)29)18(28)26-14-5-3-4-6-15(14)32(2,30)31/h3-8,11,16H,9H2,1-2H3,(H,26,28)/t11-,16+/m1/s1. The Bertz CT molecular complexity index is 1170. The molecule has 1 heterocycles. The molecule has 0 aliphatic carbocycles. The van der Waals surface area contributed by atoms with Crippen LogP contribution in [0.2, 0.25) is 0 Å². The molecule has 0 radical (unpaired) electrons. The van der Waals surface area contributed by atoms with Crippen molar-refractivity contribution in [1.29, 1.82) is 0 Å². The predicted octanol–water partition coefficient (Wildman–Crippen LogP) is 3.20. The van der Waals surface area contributed by atoms with Crippen molar-refractivity contribution in [3.63, 3.8) is 0 Å². The maximum absolute atomic E-state index is 14.1. The van der Waals surface area contributed by atoms with Crippen LogP contribution in [-0.2, 0) is 25.6 Å². The second kappa shape index (κ2) is 8.15. The zero-order valence-corrected chi connectivity index (χ0v) is 17.5. The fourth-order valence-corrected chi connectivity index (χ4v) is 4.52. The number of amides is 2. The molecule has 1 aliphatic rings. The summed E-state index contributed by atoms with van der Waals surface area (Å²) in [6.07, 6.45) is -4.34. The Labute approximate surface area is 179 Å². The number of sulfone groups is 1. The monoisotopic (exact) mass is 476 g/mol. The number of alkyl halides is 3. The number of hydrogen-bond donors (Lipinski definition) is 1. The van der Waals surface area contributed by atoms with Gasteiger partial charge in [-0.25, -0.2) is 17.2 Å². The van der Waals surface area contributed by atoms with Crippen LogP contribution in [-0.4, -0.2) is 45.0 Å². The summed E-state index contributed by atoms with van der Waals surface area (Å²) < 4.78 is 90.7. The summed E-state index contributed by atoms with van der Waals surface area (Å²) >= 11 is 0. The number of anilines is 1. The SMILES string of the molecule is CN1C[C@H](c2cc(F)c(C(F)(F)F)c(F)c2)[C@@H](C(=O)Nc2ccccc2S(C)(=O)=O)C1=O. The van der Waals surface area contributed by atoms with E-state index < -0.39 is 56.9 Å². The van der Waals surface area contributed by atoms with Crippen LogP contribution in [0, 0.1) is 17.6 Å². The van der Waals surface area contributed by atoms with E-state index in [0.717, 1.165) is 11.2 Å². The molecule has 0 unspecified atom stereocenters. The first-order valence-electron chi connectivity index (χ1n) is 9.13. The van der Waals surface area contributed by atoms with Gasteiger partial charge in [0.1, 0.15) is 23.1 Å². The fourth-order valence-electron chi connectivity index (χ4n) is 3.67. The quantitative estimate of drug-likeness (QED) is 0.543. The minimum atomic E-state index is -5.26. The molecule has 2 aromatic rings. The lowest BCUT2D eigenvalue weighted by Crippen LogP contribution is -2.33. The lowest BCUT2D eigenvalue weighted by molar-refractivity contribution is -0.142. The van der Waals surface area contributed by atoms with E-state index in [1.165, 1.54) is 31.3 Å². The average molecular weight is 476 g/mol. The van der Waals surface area contributed by atoms with Gasteiger partial charge in [-0.15, -0.1) is 0 Å². The Kier molecular flexibility index (Phi) is 6.02. The number of carbonyl (C=O) groups excluding carboxylic acids is 2. The Balaban J connectivity index is 2.00. The average Bonchev–Trinajstić information content (AvgIpc) is 2.94. The lowest BCUT2D eigenvalue weighted by Gasteiger charge is -2.19. The molecule has 3 rings (SSSR count). The number of likely N-dealkylation sites (tertiary alicyclic amines) is 1. The highest BCUT2D eigenvalue weighted by molar-refractivity contribution is 7.90. The van der Waals surface area contributed by atoms with Crippen molar-refractivity contribution < 1.29 is 40.0 Å². The normalized spacial score (nSPS) is 19.3. The van der Waals surface area contributed by atoms with E-state index in [9.17, 15) is 40.0 Å². The molecule has 0 aromatic heterocycles. The number of hydrogen-bond acceptors (Lipinski definition) is 4. The molecule has 172 valence electrons. The van der Waals surface area contributed by atoms with E-state index in [4.69, 9.17) is 0 Å². The second-order valence-electron chi connectivity index (χ2n) is 7.42. The number of halogens is 5. The van der Waals surface area contributed by atoms with E-state index in [-0.39, 0.29) is 22.7 Å². The first-order valence-corrected chi connectivity index (χ1v) is 11.0. The van der Waals surface area contributed by atoms with Crippen molar-refractivity contribution in [2.24, 2.45) is 5.92 Å². The molecule has 32 heavy (non-hydrogen) atoms. The third kappa shape index (κ3) is 4.45. The molecular formula is C20H17F5N2O4S. The molecule has 1 fully saturated rings. The van der Waals surface area contributed by atoms with Crippen LogP contribution in [0.5, 0.6) is 0 Å². The van der Waals surface area contributed by atoms with Gasteiger partial charge in [0.15, 0.2) is 9.84 Å². The predicted molar refractivity (Wildman–Crippen MR) is 103 cm³/mol. The van der Waals surface area contributed by atoms with E-state index in [2.05, 4.69) is 5.32 Å². The minimum absolute atomic E-state index is 0.106. The summed E-state index contributed by atoms with van der Waals surface area (Å²) in [6.45, 7) is -0.186. The highest BCUT2D eigenvalue weighted by Gasteiger charge is 2.46. The zero-order chi connectivity index (χ0) is 24.0. The van der Waals surface area contributed by atoms with E-state index in [1.54, 1.807) is 0 Å². The Hall–Kier alpha value is -3.02. The van der Waals surface area contributed by atoms with E-state index in [1.807, 2.05) is 0 Å². The molecule has 2 aromatic carbocycles. The lowest BCUT2D eigenvalue weighted by atomic mass is 9.87. The van der Waals surface area contributed by atoms with Crippen molar-refractivity contribution in [1.82, 2.24) is 4.90 Å². The Morgan fingerprint density at radius 3 is 2.22 bits per heavy atom. The molecular weight excluding hydrogens is 459 g/mol. The molecule has 2 atom stereocenters. The molecule has 12 heteroatoms. The van der Waals surface area contributed by atoms with Gasteiger partial charge in [-0.2, -0.15) is 13.2 Å². The molecule has 1 N–H and O–H groups in total. The number of likely N-dealkylation sites (N-methyl/N-ethyl adjacent to an activating group) is 1. The van der Waals surface area contributed by atoms with Crippen molar-refractivity contribution >= 4 is 27.3 Å². The molecule has 0 bridgehead atoms. The highest BCUT2D eigenvalue weighted by Crippen LogP contribution is 2.39. The van der Waals surface area contributed by atoms with Crippen molar-refractivity contribution in [2.45, 2.75) is 17.0 Å². The topological polar surface area (TPSA) is 83.6 Å².